The number of alkyl halides is 3. The number of halogens is 3. The molecule has 6 heteroatoms. The van der Waals surface area contributed by atoms with Gasteiger partial charge < -0.3 is 15.2 Å². The quantitative estimate of drug-likeness (QED) is 0.836. The first kappa shape index (κ1) is 14.1. The van der Waals surface area contributed by atoms with Crippen LogP contribution in [0.15, 0.2) is 24.3 Å². The Bertz CT molecular complexity index is 419. The first-order chi connectivity index (χ1) is 8.95. The summed E-state index contributed by atoms with van der Waals surface area (Å²) in [7, 11) is 0. The van der Waals surface area contributed by atoms with E-state index in [1.807, 2.05) is 6.07 Å². The summed E-state index contributed by atoms with van der Waals surface area (Å²) in [6.07, 6.45) is -4.76. The maximum atomic E-state index is 12.1. The Morgan fingerprint density at radius 3 is 2.74 bits per heavy atom. The van der Waals surface area contributed by atoms with Crippen LogP contribution >= 0.6 is 0 Å². The van der Waals surface area contributed by atoms with E-state index in [9.17, 15) is 13.2 Å². The lowest BCUT2D eigenvalue weighted by Crippen LogP contribution is -2.34. The van der Waals surface area contributed by atoms with Gasteiger partial charge in [-0.2, -0.15) is 13.2 Å². The van der Waals surface area contributed by atoms with Crippen LogP contribution in [0.5, 0.6) is 5.75 Å². The van der Waals surface area contributed by atoms with Gasteiger partial charge in [0.15, 0.2) is 6.10 Å². The number of hydrogen-bond donors (Lipinski definition) is 2. The number of aliphatic hydroxyl groups is 1. The molecule has 1 saturated carbocycles. The number of aliphatic hydroxyl groups excluding tert-OH is 1. The maximum Gasteiger partial charge on any atom is 0.417 e. The highest BCUT2D eigenvalue weighted by molar-refractivity contribution is 5.28. The first-order valence-electron chi connectivity index (χ1n) is 6.15. The third-order valence-corrected chi connectivity index (χ3v) is 2.86. The highest BCUT2D eigenvalue weighted by Gasteiger charge is 2.38. The largest absolute Gasteiger partial charge is 0.491 e. The van der Waals surface area contributed by atoms with Crippen molar-refractivity contribution in [3.8, 4) is 5.75 Å². The van der Waals surface area contributed by atoms with E-state index in [4.69, 9.17) is 9.84 Å². The lowest BCUT2D eigenvalue weighted by atomic mass is 10.2. The molecule has 0 radical (unpaired) electrons. The molecular formula is C13H16F3NO2. The van der Waals surface area contributed by atoms with Crippen molar-refractivity contribution < 1.29 is 23.0 Å². The van der Waals surface area contributed by atoms with Crippen LogP contribution in [0.4, 0.5) is 13.2 Å². The minimum Gasteiger partial charge on any atom is -0.491 e. The fraction of sp³-hybridized carbons (Fsp3) is 0.538. The van der Waals surface area contributed by atoms with Gasteiger partial charge in [-0.05, 0) is 30.5 Å². The summed E-state index contributed by atoms with van der Waals surface area (Å²) in [6.45, 7) is -0.118. The van der Waals surface area contributed by atoms with Crippen LogP contribution in [0.1, 0.15) is 18.4 Å². The van der Waals surface area contributed by atoms with E-state index in [1.165, 1.54) is 12.8 Å². The van der Waals surface area contributed by atoms with Gasteiger partial charge >= 0.3 is 6.18 Å². The van der Waals surface area contributed by atoms with Gasteiger partial charge in [0.05, 0.1) is 0 Å². The Hall–Kier alpha value is -1.27. The Labute approximate surface area is 109 Å². The molecule has 1 atom stereocenters. The summed E-state index contributed by atoms with van der Waals surface area (Å²) in [6, 6.07) is 7.42. The molecule has 0 aliphatic heterocycles. The molecule has 0 aromatic heterocycles. The zero-order valence-electron chi connectivity index (χ0n) is 10.3. The lowest BCUT2D eigenvalue weighted by Gasteiger charge is -2.15. The third kappa shape index (κ3) is 4.72. The van der Waals surface area contributed by atoms with E-state index < -0.39 is 18.9 Å². The van der Waals surface area contributed by atoms with Gasteiger partial charge in [-0.15, -0.1) is 0 Å². The van der Waals surface area contributed by atoms with Crippen LogP contribution in [0.25, 0.3) is 0 Å². The summed E-state index contributed by atoms with van der Waals surface area (Å²) >= 11 is 0. The number of hydrogen-bond acceptors (Lipinski definition) is 3. The summed E-state index contributed by atoms with van der Waals surface area (Å²) in [5.74, 6) is 0.332. The van der Waals surface area contributed by atoms with Gasteiger partial charge in [0.25, 0.3) is 0 Å². The fourth-order valence-electron chi connectivity index (χ4n) is 1.56. The summed E-state index contributed by atoms with van der Waals surface area (Å²) in [5, 5.41) is 12.1. The van der Waals surface area contributed by atoms with Gasteiger partial charge in [-0.1, -0.05) is 12.1 Å². The molecule has 1 aromatic rings. The molecule has 1 fully saturated rings. The monoisotopic (exact) mass is 275 g/mol. The molecule has 2 rings (SSSR count). The molecule has 1 aliphatic rings. The molecule has 0 spiro atoms. The zero-order valence-corrected chi connectivity index (χ0v) is 10.3. The van der Waals surface area contributed by atoms with Crippen molar-refractivity contribution >= 4 is 0 Å². The second-order valence-electron chi connectivity index (χ2n) is 4.67. The summed E-state index contributed by atoms with van der Waals surface area (Å²) in [5.41, 5.74) is 0.950. The van der Waals surface area contributed by atoms with Crippen LogP contribution in [-0.2, 0) is 6.54 Å². The molecule has 19 heavy (non-hydrogen) atoms. The molecule has 0 bridgehead atoms. The van der Waals surface area contributed by atoms with Gasteiger partial charge in [0, 0.05) is 12.6 Å². The SMILES string of the molecule is OC(COc1cccc(CNC2CC2)c1)C(F)(F)F. The molecule has 106 valence electrons. The Morgan fingerprint density at radius 1 is 1.37 bits per heavy atom. The van der Waals surface area contributed by atoms with E-state index in [1.54, 1.807) is 18.2 Å². The molecule has 1 unspecified atom stereocenters. The van der Waals surface area contributed by atoms with E-state index in [2.05, 4.69) is 5.32 Å². The van der Waals surface area contributed by atoms with Crippen molar-refractivity contribution in [2.24, 2.45) is 0 Å². The number of benzene rings is 1. The average Bonchev–Trinajstić information content (AvgIpc) is 3.17. The number of ether oxygens (including phenoxy) is 1. The highest BCUT2D eigenvalue weighted by Crippen LogP contribution is 2.22. The highest BCUT2D eigenvalue weighted by atomic mass is 19.4. The molecular weight excluding hydrogens is 259 g/mol. The zero-order chi connectivity index (χ0) is 13.9. The van der Waals surface area contributed by atoms with Crippen molar-refractivity contribution in [2.45, 2.75) is 37.7 Å². The first-order valence-corrected chi connectivity index (χ1v) is 6.15. The molecule has 3 nitrogen and oxygen atoms in total. The topological polar surface area (TPSA) is 41.5 Å². The summed E-state index contributed by atoms with van der Waals surface area (Å²) in [4.78, 5) is 0. The predicted molar refractivity (Wildman–Crippen MR) is 63.9 cm³/mol. The smallest absolute Gasteiger partial charge is 0.417 e. The second kappa shape index (κ2) is 5.79. The van der Waals surface area contributed by atoms with Crippen LogP contribution < -0.4 is 10.1 Å². The fourth-order valence-corrected chi connectivity index (χ4v) is 1.56. The average molecular weight is 275 g/mol. The molecule has 1 aliphatic carbocycles. The van der Waals surface area contributed by atoms with Gasteiger partial charge in [0.2, 0.25) is 0 Å². The van der Waals surface area contributed by atoms with Gasteiger partial charge in [0.1, 0.15) is 12.4 Å². The third-order valence-electron chi connectivity index (χ3n) is 2.86. The molecule has 0 amide bonds. The van der Waals surface area contributed by atoms with Crippen molar-refractivity contribution in [3.63, 3.8) is 0 Å². The Balaban J connectivity index is 1.83. The summed E-state index contributed by atoms with van der Waals surface area (Å²) < 4.78 is 41.3. The molecule has 0 heterocycles. The van der Waals surface area contributed by atoms with Crippen molar-refractivity contribution in [3.05, 3.63) is 29.8 Å². The minimum atomic E-state index is -4.65. The number of nitrogens with one attached hydrogen (secondary N) is 1. The minimum absolute atomic E-state index is 0.332. The van der Waals surface area contributed by atoms with Crippen LogP contribution in [0, 0.1) is 0 Å². The van der Waals surface area contributed by atoms with Gasteiger partial charge in [-0.3, -0.25) is 0 Å². The van der Waals surface area contributed by atoms with Crippen LogP contribution in [-0.4, -0.2) is 30.0 Å². The molecule has 2 N–H and O–H groups in total. The second-order valence-corrected chi connectivity index (χ2v) is 4.67. The van der Waals surface area contributed by atoms with E-state index in [0.29, 0.717) is 18.3 Å². The normalized spacial score (nSPS) is 17.3. The molecule has 1 aromatic carbocycles. The molecule has 0 saturated heterocycles. The lowest BCUT2D eigenvalue weighted by molar-refractivity contribution is -0.210. The maximum absolute atomic E-state index is 12.1. The van der Waals surface area contributed by atoms with E-state index in [-0.39, 0.29) is 0 Å². The van der Waals surface area contributed by atoms with Crippen molar-refractivity contribution in [1.82, 2.24) is 5.32 Å². The van der Waals surface area contributed by atoms with E-state index in [0.717, 1.165) is 5.56 Å². The van der Waals surface area contributed by atoms with Crippen molar-refractivity contribution in [1.29, 1.82) is 0 Å². The van der Waals surface area contributed by atoms with Gasteiger partial charge in [-0.25, -0.2) is 0 Å². The van der Waals surface area contributed by atoms with Crippen LogP contribution in [0.3, 0.4) is 0 Å². The van der Waals surface area contributed by atoms with Crippen molar-refractivity contribution in [2.75, 3.05) is 6.61 Å². The predicted octanol–water partition coefficient (Wildman–Crippen LogP) is 2.24. The van der Waals surface area contributed by atoms with E-state index >= 15 is 0 Å². The standard InChI is InChI=1S/C13H16F3NO2/c14-13(15,16)12(18)8-19-11-3-1-2-9(6-11)7-17-10-4-5-10/h1-3,6,10,12,17-18H,4-5,7-8H2. The van der Waals surface area contributed by atoms with Crippen LogP contribution in [0.2, 0.25) is 0 Å². The Kier molecular flexibility index (Phi) is 4.31. The Morgan fingerprint density at radius 2 is 2.11 bits per heavy atom. The number of rotatable bonds is 6.